The second kappa shape index (κ2) is 10.7. The molecule has 0 bridgehead atoms. The number of para-hydroxylation sites is 1. The Morgan fingerprint density at radius 3 is 2.31 bits per heavy atom. The van der Waals surface area contributed by atoms with Crippen LogP contribution in [0.15, 0.2) is 84.4 Å². The van der Waals surface area contributed by atoms with Crippen LogP contribution in [0.3, 0.4) is 0 Å². The molecule has 184 valence electrons. The minimum absolute atomic E-state index is 0.0540. The molecule has 1 heterocycles. The maximum Gasteiger partial charge on any atom is 0.338 e. The summed E-state index contributed by atoms with van der Waals surface area (Å²) in [5, 5.41) is 7.95. The Morgan fingerprint density at radius 1 is 0.972 bits per heavy atom. The highest BCUT2D eigenvalue weighted by molar-refractivity contribution is 6.04. The molecule has 3 N–H and O–H groups in total. The van der Waals surface area contributed by atoms with E-state index in [1.807, 2.05) is 30.3 Å². The Kier molecular flexibility index (Phi) is 7.29. The maximum absolute atomic E-state index is 13.8. The Hall–Kier alpha value is -4.66. The van der Waals surface area contributed by atoms with E-state index in [0.717, 1.165) is 0 Å². The average Bonchev–Trinajstić information content (AvgIpc) is 2.88. The third kappa shape index (κ3) is 5.20. The van der Waals surface area contributed by atoms with E-state index in [2.05, 4.69) is 16.0 Å². The van der Waals surface area contributed by atoms with Gasteiger partial charge in [-0.25, -0.2) is 18.8 Å². The van der Waals surface area contributed by atoms with Gasteiger partial charge in [0.05, 0.1) is 29.6 Å². The third-order valence-corrected chi connectivity index (χ3v) is 5.62. The van der Waals surface area contributed by atoms with Gasteiger partial charge in [0, 0.05) is 12.7 Å². The monoisotopic (exact) mass is 488 g/mol. The van der Waals surface area contributed by atoms with Gasteiger partial charge < -0.3 is 20.7 Å². The molecule has 9 heteroatoms. The number of hydrogen-bond donors (Lipinski definition) is 3. The first-order valence-electron chi connectivity index (χ1n) is 11.3. The summed E-state index contributed by atoms with van der Waals surface area (Å²) in [7, 11) is 1.59. The van der Waals surface area contributed by atoms with Crippen molar-refractivity contribution in [3.05, 3.63) is 101 Å². The van der Waals surface area contributed by atoms with E-state index in [0.29, 0.717) is 28.1 Å². The summed E-state index contributed by atoms with van der Waals surface area (Å²) in [6, 6.07) is 19.9. The second-order valence-electron chi connectivity index (χ2n) is 7.97. The number of amides is 4. The highest BCUT2D eigenvalue weighted by Crippen LogP contribution is 2.36. The van der Waals surface area contributed by atoms with Gasteiger partial charge in [-0.15, -0.1) is 0 Å². The van der Waals surface area contributed by atoms with Crippen LogP contribution in [0.2, 0.25) is 0 Å². The number of carbonyl (C=O) groups is 3. The molecule has 1 atom stereocenters. The molecule has 0 saturated carbocycles. The standard InChI is InChI=1S/C27H25FN4O4/c1-3-36-25(33)22-23(31-27(35)32(2)24(22)18-9-5-4-6-10-18)17-13-15-19(16-14-17)29-26(34)30-21-12-8-7-11-20(21)28/h4-16,23H,3H2,1-2H3,(H,31,35)(H2,29,30,34). The molecule has 1 aliphatic rings. The van der Waals surface area contributed by atoms with E-state index in [1.54, 1.807) is 44.3 Å². The van der Waals surface area contributed by atoms with Gasteiger partial charge in [-0.1, -0.05) is 54.6 Å². The summed E-state index contributed by atoms with van der Waals surface area (Å²) in [5.41, 5.74) is 2.56. The van der Waals surface area contributed by atoms with E-state index in [4.69, 9.17) is 4.74 Å². The van der Waals surface area contributed by atoms with E-state index in [9.17, 15) is 18.8 Å². The largest absolute Gasteiger partial charge is 0.463 e. The van der Waals surface area contributed by atoms with Crippen LogP contribution in [-0.2, 0) is 9.53 Å². The van der Waals surface area contributed by atoms with Crippen molar-refractivity contribution in [3.63, 3.8) is 0 Å². The zero-order valence-corrected chi connectivity index (χ0v) is 19.7. The van der Waals surface area contributed by atoms with E-state index in [-0.39, 0.29) is 18.3 Å². The highest BCUT2D eigenvalue weighted by Gasteiger charge is 2.37. The molecule has 8 nitrogen and oxygen atoms in total. The van der Waals surface area contributed by atoms with Crippen molar-refractivity contribution in [2.75, 3.05) is 24.3 Å². The van der Waals surface area contributed by atoms with Gasteiger partial charge in [0.1, 0.15) is 5.82 Å². The predicted octanol–water partition coefficient (Wildman–Crippen LogP) is 5.14. The molecular weight excluding hydrogens is 463 g/mol. The van der Waals surface area contributed by atoms with E-state index >= 15 is 0 Å². The van der Waals surface area contributed by atoms with Crippen LogP contribution < -0.4 is 16.0 Å². The minimum atomic E-state index is -0.774. The zero-order valence-electron chi connectivity index (χ0n) is 19.7. The molecule has 1 aliphatic heterocycles. The number of hydrogen-bond acceptors (Lipinski definition) is 4. The van der Waals surface area contributed by atoms with Crippen LogP contribution in [0.1, 0.15) is 24.1 Å². The number of nitrogens with zero attached hydrogens (tertiary/aromatic N) is 1. The first-order chi connectivity index (χ1) is 17.4. The van der Waals surface area contributed by atoms with Crippen molar-refractivity contribution in [2.24, 2.45) is 0 Å². The minimum Gasteiger partial charge on any atom is -0.463 e. The molecule has 3 aromatic carbocycles. The molecule has 0 spiro atoms. The van der Waals surface area contributed by atoms with Gasteiger partial charge in [-0.2, -0.15) is 0 Å². The summed E-state index contributed by atoms with van der Waals surface area (Å²) >= 11 is 0. The smallest absolute Gasteiger partial charge is 0.338 e. The number of halogens is 1. The van der Waals surface area contributed by atoms with Crippen molar-refractivity contribution in [1.82, 2.24) is 10.2 Å². The molecule has 0 aromatic heterocycles. The molecule has 0 aliphatic carbocycles. The second-order valence-corrected chi connectivity index (χ2v) is 7.97. The molecule has 0 radical (unpaired) electrons. The molecule has 0 saturated heterocycles. The van der Waals surface area contributed by atoms with Crippen LogP contribution >= 0.6 is 0 Å². The summed E-state index contributed by atoms with van der Waals surface area (Å²) in [4.78, 5) is 39.6. The van der Waals surface area contributed by atoms with Crippen molar-refractivity contribution >= 4 is 35.1 Å². The van der Waals surface area contributed by atoms with Gasteiger partial charge in [-0.3, -0.25) is 4.90 Å². The first-order valence-corrected chi connectivity index (χ1v) is 11.3. The van der Waals surface area contributed by atoms with Crippen molar-refractivity contribution < 1.29 is 23.5 Å². The number of nitrogens with one attached hydrogen (secondary N) is 3. The average molecular weight is 489 g/mol. The van der Waals surface area contributed by atoms with Gasteiger partial charge in [0.15, 0.2) is 0 Å². The third-order valence-electron chi connectivity index (χ3n) is 5.62. The topological polar surface area (TPSA) is 99.8 Å². The summed E-state index contributed by atoms with van der Waals surface area (Å²) in [6.45, 7) is 1.89. The lowest BCUT2D eigenvalue weighted by atomic mass is 9.92. The quantitative estimate of drug-likeness (QED) is 0.418. The lowest BCUT2D eigenvalue weighted by Gasteiger charge is -2.34. The first kappa shape index (κ1) is 24.5. The molecule has 36 heavy (non-hydrogen) atoms. The lowest BCUT2D eigenvalue weighted by Crippen LogP contribution is -2.46. The van der Waals surface area contributed by atoms with Crippen molar-refractivity contribution in [2.45, 2.75) is 13.0 Å². The van der Waals surface area contributed by atoms with Gasteiger partial charge in [-0.05, 0) is 42.3 Å². The number of ether oxygens (including phenoxy) is 1. The van der Waals surface area contributed by atoms with Gasteiger partial charge in [0.2, 0.25) is 0 Å². The van der Waals surface area contributed by atoms with Crippen molar-refractivity contribution in [3.8, 4) is 0 Å². The van der Waals surface area contributed by atoms with Crippen LogP contribution in [0.4, 0.5) is 25.4 Å². The van der Waals surface area contributed by atoms with Crippen LogP contribution in [0.25, 0.3) is 5.70 Å². The van der Waals surface area contributed by atoms with E-state index < -0.39 is 23.9 Å². The van der Waals surface area contributed by atoms with Gasteiger partial charge in [0.25, 0.3) is 0 Å². The zero-order chi connectivity index (χ0) is 25.7. The summed E-state index contributed by atoms with van der Waals surface area (Å²) < 4.78 is 19.1. The highest BCUT2D eigenvalue weighted by atomic mass is 19.1. The van der Waals surface area contributed by atoms with E-state index in [1.165, 1.54) is 23.1 Å². The van der Waals surface area contributed by atoms with Crippen LogP contribution in [0.5, 0.6) is 0 Å². The number of benzene rings is 3. The molecule has 4 amide bonds. The number of rotatable bonds is 6. The Bertz CT molecular complexity index is 1310. The number of anilines is 2. The van der Waals surface area contributed by atoms with Crippen molar-refractivity contribution in [1.29, 1.82) is 0 Å². The molecule has 3 aromatic rings. The van der Waals surface area contributed by atoms with Crippen LogP contribution in [0, 0.1) is 5.82 Å². The Labute approximate surface area is 207 Å². The number of esters is 1. The summed E-state index contributed by atoms with van der Waals surface area (Å²) in [6.07, 6.45) is 0. The molecule has 1 unspecified atom stereocenters. The fourth-order valence-corrected chi connectivity index (χ4v) is 3.94. The number of urea groups is 2. The maximum atomic E-state index is 13.8. The SMILES string of the molecule is CCOC(=O)C1=C(c2ccccc2)N(C)C(=O)NC1c1ccc(NC(=O)Nc2ccccc2F)cc1. The Morgan fingerprint density at radius 2 is 1.64 bits per heavy atom. The Balaban J connectivity index is 1.63. The molecule has 4 rings (SSSR count). The number of carbonyl (C=O) groups excluding carboxylic acids is 3. The fraction of sp³-hybridized carbons (Fsp3) is 0.148. The summed E-state index contributed by atoms with van der Waals surface area (Å²) in [5.74, 6) is -1.09. The fourth-order valence-electron chi connectivity index (χ4n) is 3.94. The predicted molar refractivity (Wildman–Crippen MR) is 135 cm³/mol. The normalized spacial score (nSPS) is 15.2. The molecule has 0 fully saturated rings. The van der Waals surface area contributed by atoms with Gasteiger partial charge >= 0.3 is 18.0 Å². The lowest BCUT2D eigenvalue weighted by molar-refractivity contribution is -0.138. The molecular formula is C27H25FN4O4. The van der Waals surface area contributed by atoms with Crippen LogP contribution in [-0.4, -0.2) is 36.6 Å².